The van der Waals surface area contributed by atoms with Gasteiger partial charge in [0.15, 0.2) is 5.69 Å². The van der Waals surface area contributed by atoms with Crippen LogP contribution in [0.4, 0.5) is 0 Å². The van der Waals surface area contributed by atoms with Crippen molar-refractivity contribution in [2.75, 3.05) is 26.2 Å². The van der Waals surface area contributed by atoms with Crippen molar-refractivity contribution in [3.63, 3.8) is 0 Å². The number of hydrogen-bond donors (Lipinski definition) is 1. The Bertz CT molecular complexity index is 611. The Balaban J connectivity index is 1.77. The van der Waals surface area contributed by atoms with Crippen LogP contribution in [0.25, 0.3) is 5.69 Å². The lowest BCUT2D eigenvalue weighted by Crippen LogP contribution is -2.34. The zero-order chi connectivity index (χ0) is 14.7. The van der Waals surface area contributed by atoms with Gasteiger partial charge in [-0.2, -0.15) is 0 Å². The lowest BCUT2D eigenvalue weighted by atomic mass is 10.2. The molecule has 2 heterocycles. The van der Waals surface area contributed by atoms with Gasteiger partial charge in [-0.25, -0.2) is 4.68 Å². The van der Waals surface area contributed by atoms with Crippen LogP contribution in [0.5, 0.6) is 0 Å². The van der Waals surface area contributed by atoms with Crippen LogP contribution in [0.1, 0.15) is 22.5 Å². The van der Waals surface area contributed by atoms with Crippen LogP contribution in [-0.4, -0.2) is 52.0 Å². The van der Waals surface area contributed by atoms with Crippen molar-refractivity contribution in [1.29, 1.82) is 0 Å². The number of rotatable bonds is 2. The van der Waals surface area contributed by atoms with E-state index in [0.29, 0.717) is 5.69 Å². The van der Waals surface area contributed by atoms with E-state index in [0.717, 1.165) is 38.3 Å². The second-order valence-corrected chi connectivity index (χ2v) is 5.28. The number of aryl methyl sites for hydroxylation is 1. The Hall–Kier alpha value is -2.21. The molecule has 0 atom stereocenters. The molecule has 0 bridgehead atoms. The van der Waals surface area contributed by atoms with Gasteiger partial charge in [0.05, 0.1) is 11.9 Å². The number of carbonyl (C=O) groups is 1. The third-order valence-electron chi connectivity index (χ3n) is 3.64. The molecule has 2 aromatic rings. The molecule has 110 valence electrons. The van der Waals surface area contributed by atoms with Crippen LogP contribution in [0.15, 0.2) is 30.5 Å². The smallest absolute Gasteiger partial charge is 0.276 e. The zero-order valence-corrected chi connectivity index (χ0v) is 12.1. The van der Waals surface area contributed by atoms with Gasteiger partial charge >= 0.3 is 0 Å². The zero-order valence-electron chi connectivity index (χ0n) is 12.1. The van der Waals surface area contributed by atoms with Crippen LogP contribution < -0.4 is 5.32 Å². The number of hydrogen-bond acceptors (Lipinski definition) is 4. The highest BCUT2D eigenvalue weighted by atomic mass is 16.2. The second kappa shape index (κ2) is 6.05. The molecule has 0 radical (unpaired) electrons. The average molecular weight is 285 g/mol. The molecule has 0 saturated carbocycles. The minimum Gasteiger partial charge on any atom is -0.336 e. The van der Waals surface area contributed by atoms with Gasteiger partial charge in [0, 0.05) is 19.6 Å². The maximum Gasteiger partial charge on any atom is 0.276 e. The summed E-state index contributed by atoms with van der Waals surface area (Å²) in [6.07, 6.45) is 2.67. The SMILES string of the molecule is Cc1ccc(-n2cc(C(=O)N3CCCNCC3)nn2)cc1. The summed E-state index contributed by atoms with van der Waals surface area (Å²) >= 11 is 0. The Kier molecular flexibility index (Phi) is 3.96. The molecule has 1 saturated heterocycles. The molecular formula is C15H19N5O. The third-order valence-corrected chi connectivity index (χ3v) is 3.64. The average Bonchev–Trinajstić information content (AvgIpc) is 2.83. The van der Waals surface area contributed by atoms with Crippen LogP contribution in [0.3, 0.4) is 0 Å². The van der Waals surface area contributed by atoms with E-state index in [1.54, 1.807) is 10.9 Å². The molecule has 1 amide bonds. The van der Waals surface area contributed by atoms with Crippen molar-refractivity contribution in [3.8, 4) is 5.69 Å². The largest absolute Gasteiger partial charge is 0.336 e. The maximum atomic E-state index is 12.4. The molecule has 1 N–H and O–H groups in total. The first-order valence-electron chi connectivity index (χ1n) is 7.23. The van der Waals surface area contributed by atoms with Crippen molar-refractivity contribution < 1.29 is 4.79 Å². The first-order chi connectivity index (χ1) is 10.2. The molecule has 0 unspecified atom stereocenters. The Labute approximate surface area is 123 Å². The van der Waals surface area contributed by atoms with E-state index in [4.69, 9.17) is 0 Å². The van der Waals surface area contributed by atoms with E-state index < -0.39 is 0 Å². The highest BCUT2D eigenvalue weighted by Gasteiger charge is 2.20. The molecule has 1 aromatic carbocycles. The quantitative estimate of drug-likeness (QED) is 0.894. The molecule has 21 heavy (non-hydrogen) atoms. The number of nitrogens with zero attached hydrogens (tertiary/aromatic N) is 4. The van der Waals surface area contributed by atoms with Gasteiger partial charge in [-0.15, -0.1) is 5.10 Å². The molecule has 1 aliphatic rings. The van der Waals surface area contributed by atoms with Gasteiger partial charge < -0.3 is 10.2 Å². The minimum atomic E-state index is -0.0444. The number of carbonyl (C=O) groups excluding carboxylic acids is 1. The summed E-state index contributed by atoms with van der Waals surface area (Å²) in [5.74, 6) is -0.0444. The van der Waals surface area contributed by atoms with Crippen molar-refractivity contribution in [3.05, 3.63) is 41.7 Å². The van der Waals surface area contributed by atoms with Crippen LogP contribution >= 0.6 is 0 Å². The van der Waals surface area contributed by atoms with Crippen molar-refractivity contribution in [1.82, 2.24) is 25.2 Å². The molecule has 1 fully saturated rings. The monoisotopic (exact) mass is 285 g/mol. The van der Waals surface area contributed by atoms with Crippen LogP contribution in [0.2, 0.25) is 0 Å². The highest BCUT2D eigenvalue weighted by molar-refractivity contribution is 5.92. The summed E-state index contributed by atoms with van der Waals surface area (Å²) < 4.78 is 1.64. The molecule has 6 nitrogen and oxygen atoms in total. The minimum absolute atomic E-state index is 0.0444. The number of benzene rings is 1. The molecular weight excluding hydrogens is 266 g/mol. The third kappa shape index (κ3) is 3.11. The highest BCUT2D eigenvalue weighted by Crippen LogP contribution is 2.10. The predicted molar refractivity (Wildman–Crippen MR) is 79.5 cm³/mol. The fraction of sp³-hybridized carbons (Fsp3) is 0.400. The molecule has 6 heteroatoms. The van der Waals surface area contributed by atoms with E-state index >= 15 is 0 Å². The van der Waals surface area contributed by atoms with Crippen LogP contribution in [-0.2, 0) is 0 Å². The van der Waals surface area contributed by atoms with Gasteiger partial charge in [0.25, 0.3) is 5.91 Å². The van der Waals surface area contributed by atoms with Crippen molar-refractivity contribution in [2.45, 2.75) is 13.3 Å². The Morgan fingerprint density at radius 2 is 2.00 bits per heavy atom. The fourth-order valence-electron chi connectivity index (χ4n) is 2.40. The van der Waals surface area contributed by atoms with Gasteiger partial charge in [0.1, 0.15) is 0 Å². The Morgan fingerprint density at radius 1 is 1.19 bits per heavy atom. The lowest BCUT2D eigenvalue weighted by molar-refractivity contribution is 0.0760. The molecule has 0 spiro atoms. The van der Waals surface area contributed by atoms with E-state index in [1.165, 1.54) is 5.56 Å². The first kappa shape index (κ1) is 13.8. The normalized spacial score (nSPS) is 15.8. The van der Waals surface area contributed by atoms with E-state index in [-0.39, 0.29) is 5.91 Å². The second-order valence-electron chi connectivity index (χ2n) is 5.28. The lowest BCUT2D eigenvalue weighted by Gasteiger charge is -2.17. The number of amides is 1. The summed E-state index contributed by atoms with van der Waals surface area (Å²) in [4.78, 5) is 14.3. The topological polar surface area (TPSA) is 63.1 Å². The van der Waals surface area contributed by atoms with Gasteiger partial charge in [-0.05, 0) is 32.0 Å². The fourth-order valence-corrected chi connectivity index (χ4v) is 2.40. The summed E-state index contributed by atoms with van der Waals surface area (Å²) in [5.41, 5.74) is 2.49. The van der Waals surface area contributed by atoms with E-state index in [2.05, 4.69) is 15.6 Å². The van der Waals surface area contributed by atoms with Crippen molar-refractivity contribution >= 4 is 5.91 Å². The standard InChI is InChI=1S/C15H19N5O/c1-12-3-5-13(6-4-12)20-11-14(17-18-20)15(21)19-9-2-7-16-8-10-19/h3-6,11,16H,2,7-10H2,1H3. The Morgan fingerprint density at radius 3 is 2.81 bits per heavy atom. The summed E-state index contributed by atoms with van der Waals surface area (Å²) in [6, 6.07) is 7.96. The molecule has 0 aliphatic carbocycles. The van der Waals surface area contributed by atoms with Gasteiger partial charge in [-0.1, -0.05) is 22.9 Å². The number of aromatic nitrogens is 3. The number of nitrogens with one attached hydrogen (secondary N) is 1. The predicted octanol–water partition coefficient (Wildman–Crippen LogP) is 1.01. The molecule has 1 aliphatic heterocycles. The van der Waals surface area contributed by atoms with Gasteiger partial charge in [0.2, 0.25) is 0 Å². The van der Waals surface area contributed by atoms with Crippen molar-refractivity contribution in [2.24, 2.45) is 0 Å². The van der Waals surface area contributed by atoms with Gasteiger partial charge in [-0.3, -0.25) is 4.79 Å². The van der Waals surface area contributed by atoms with Crippen LogP contribution in [0, 0.1) is 6.92 Å². The summed E-state index contributed by atoms with van der Waals surface area (Å²) in [7, 11) is 0. The molecule has 3 rings (SSSR count). The van der Waals surface area contributed by atoms with E-state index in [1.807, 2.05) is 36.1 Å². The maximum absolute atomic E-state index is 12.4. The summed E-state index contributed by atoms with van der Waals surface area (Å²) in [5, 5.41) is 11.4. The first-order valence-corrected chi connectivity index (χ1v) is 7.23. The summed E-state index contributed by atoms with van der Waals surface area (Å²) in [6.45, 7) is 5.31. The van der Waals surface area contributed by atoms with E-state index in [9.17, 15) is 4.79 Å². The molecule has 1 aromatic heterocycles.